The predicted molar refractivity (Wildman–Crippen MR) is 163 cm³/mol. The van der Waals surface area contributed by atoms with E-state index in [1.807, 2.05) is 24.3 Å². The van der Waals surface area contributed by atoms with Crippen LogP contribution in [0.1, 0.15) is 21.5 Å². The summed E-state index contributed by atoms with van der Waals surface area (Å²) in [7, 11) is 1.55. The zero-order valence-electron chi connectivity index (χ0n) is 24.0. The summed E-state index contributed by atoms with van der Waals surface area (Å²) in [6.45, 7) is 4.86. The van der Waals surface area contributed by atoms with Crippen LogP contribution in [-0.2, 0) is 10.9 Å². The van der Waals surface area contributed by atoms with Crippen molar-refractivity contribution in [2.75, 3.05) is 59.1 Å². The summed E-state index contributed by atoms with van der Waals surface area (Å²) < 4.78 is 44.6. The Bertz CT molecular complexity index is 1640. The fraction of sp³-hybridized carbons (Fsp3) is 0.226. The van der Waals surface area contributed by atoms with Gasteiger partial charge in [0.1, 0.15) is 18.0 Å². The summed E-state index contributed by atoms with van der Waals surface area (Å²) >= 11 is 0. The quantitative estimate of drug-likeness (QED) is 0.227. The highest BCUT2D eigenvalue weighted by molar-refractivity contribution is 6.05. The average Bonchev–Trinajstić information content (AvgIpc) is 3.03. The Hall–Kier alpha value is -5.17. The number of ether oxygens (including phenoxy) is 1. The number of carbonyl (C=O) groups is 2. The molecule has 1 fully saturated rings. The van der Waals surface area contributed by atoms with Crippen molar-refractivity contribution >= 4 is 46.3 Å². The van der Waals surface area contributed by atoms with Crippen LogP contribution in [0.5, 0.6) is 0 Å². The van der Waals surface area contributed by atoms with Gasteiger partial charge in [-0.2, -0.15) is 13.2 Å². The number of carbonyl (C=O) groups excluding carboxylic acids is 2. The van der Waals surface area contributed by atoms with Crippen LogP contribution in [-0.4, -0.2) is 55.3 Å². The lowest BCUT2D eigenvalue weighted by Crippen LogP contribution is -2.36. The van der Waals surface area contributed by atoms with Gasteiger partial charge in [-0.15, -0.1) is 0 Å². The molecule has 13 heteroatoms. The standard InChI is InChI=1S/C31H30F3N7O3/c1-20-6-7-24(38-29(42)21-4-3-5-22(16-21)31(32,33)34)17-26(20)39-30(43)40(2)28-18-27(35-19-36-28)37-23-8-10-25(11-9-23)41-12-14-44-15-13-41/h3-11,16-19H,12-15H2,1-2H3,(H,38,42)(H,39,43)(H,35,36,37). The van der Waals surface area contributed by atoms with E-state index in [9.17, 15) is 22.8 Å². The molecule has 0 spiro atoms. The third-order valence-electron chi connectivity index (χ3n) is 7.01. The molecule has 1 aliphatic rings. The number of anilines is 6. The van der Waals surface area contributed by atoms with Crippen molar-refractivity contribution < 1.29 is 27.5 Å². The lowest BCUT2D eigenvalue weighted by molar-refractivity contribution is -0.137. The van der Waals surface area contributed by atoms with Crippen molar-refractivity contribution in [3.8, 4) is 0 Å². The van der Waals surface area contributed by atoms with Crippen molar-refractivity contribution in [3.05, 3.63) is 95.8 Å². The molecule has 1 saturated heterocycles. The minimum atomic E-state index is -4.57. The molecule has 10 nitrogen and oxygen atoms in total. The van der Waals surface area contributed by atoms with Crippen LogP contribution < -0.4 is 25.8 Å². The second-order valence-electron chi connectivity index (χ2n) is 10.1. The van der Waals surface area contributed by atoms with Crippen LogP contribution in [0.2, 0.25) is 0 Å². The summed E-state index contributed by atoms with van der Waals surface area (Å²) in [5, 5.41) is 8.60. The number of morpholine rings is 1. The lowest BCUT2D eigenvalue weighted by Gasteiger charge is -2.28. The zero-order valence-corrected chi connectivity index (χ0v) is 24.0. The summed E-state index contributed by atoms with van der Waals surface area (Å²) in [6.07, 6.45) is -3.22. The van der Waals surface area contributed by atoms with E-state index in [1.54, 1.807) is 32.2 Å². The topological polar surface area (TPSA) is 112 Å². The van der Waals surface area contributed by atoms with Gasteiger partial charge in [-0.3, -0.25) is 9.69 Å². The van der Waals surface area contributed by atoms with E-state index in [0.717, 1.165) is 36.6 Å². The Labute approximate surface area is 251 Å². The SMILES string of the molecule is Cc1ccc(NC(=O)c2cccc(C(F)(F)F)c2)cc1NC(=O)N(C)c1cc(Nc2ccc(N3CCOCC3)cc2)ncn1. The van der Waals surface area contributed by atoms with Crippen LogP contribution in [0, 0.1) is 6.92 Å². The number of rotatable bonds is 7. The zero-order chi connectivity index (χ0) is 31.3. The summed E-state index contributed by atoms with van der Waals surface area (Å²) in [6, 6.07) is 18.0. The van der Waals surface area contributed by atoms with Gasteiger partial charge >= 0.3 is 12.2 Å². The van der Waals surface area contributed by atoms with Gasteiger partial charge in [0.05, 0.1) is 18.8 Å². The van der Waals surface area contributed by atoms with Crippen molar-refractivity contribution in [2.45, 2.75) is 13.1 Å². The highest BCUT2D eigenvalue weighted by Crippen LogP contribution is 2.30. The van der Waals surface area contributed by atoms with Crippen LogP contribution >= 0.6 is 0 Å². The number of hydrogen-bond donors (Lipinski definition) is 3. The van der Waals surface area contributed by atoms with Gasteiger partial charge in [0.25, 0.3) is 5.91 Å². The maximum absolute atomic E-state index is 13.1. The Kier molecular flexibility index (Phi) is 8.95. The maximum atomic E-state index is 13.1. The molecule has 1 aromatic heterocycles. The summed E-state index contributed by atoms with van der Waals surface area (Å²) in [5.41, 5.74) is 2.25. The molecule has 0 bridgehead atoms. The van der Waals surface area contributed by atoms with Gasteiger partial charge < -0.3 is 25.6 Å². The number of nitrogens with zero attached hydrogens (tertiary/aromatic N) is 4. The molecule has 5 rings (SSSR count). The monoisotopic (exact) mass is 605 g/mol. The molecule has 3 amide bonds. The minimum absolute atomic E-state index is 0.146. The molecule has 4 aromatic rings. The number of amides is 3. The largest absolute Gasteiger partial charge is 0.416 e. The van der Waals surface area contributed by atoms with E-state index >= 15 is 0 Å². The highest BCUT2D eigenvalue weighted by Gasteiger charge is 2.31. The second-order valence-corrected chi connectivity index (χ2v) is 10.1. The molecular formula is C31H30F3N7O3. The minimum Gasteiger partial charge on any atom is -0.378 e. The Morgan fingerprint density at radius 3 is 2.36 bits per heavy atom. The molecule has 228 valence electrons. The van der Waals surface area contributed by atoms with E-state index < -0.39 is 23.7 Å². The van der Waals surface area contributed by atoms with E-state index in [0.29, 0.717) is 41.8 Å². The van der Waals surface area contributed by atoms with Gasteiger partial charge in [-0.25, -0.2) is 14.8 Å². The first-order chi connectivity index (χ1) is 21.1. The van der Waals surface area contributed by atoms with E-state index in [-0.39, 0.29) is 5.56 Å². The first kappa shape index (κ1) is 30.3. The van der Waals surface area contributed by atoms with Gasteiger partial charge in [0.15, 0.2) is 0 Å². The molecule has 2 heterocycles. The molecule has 0 radical (unpaired) electrons. The number of aromatic nitrogens is 2. The van der Waals surface area contributed by atoms with Crippen molar-refractivity contribution in [2.24, 2.45) is 0 Å². The highest BCUT2D eigenvalue weighted by atomic mass is 19.4. The Balaban J connectivity index is 1.23. The lowest BCUT2D eigenvalue weighted by atomic mass is 10.1. The number of urea groups is 1. The van der Waals surface area contributed by atoms with Gasteiger partial charge in [0, 0.05) is 54.5 Å². The molecular weight excluding hydrogens is 575 g/mol. The van der Waals surface area contributed by atoms with Gasteiger partial charge in [-0.05, 0) is 67.1 Å². The maximum Gasteiger partial charge on any atom is 0.416 e. The smallest absolute Gasteiger partial charge is 0.378 e. The fourth-order valence-electron chi connectivity index (χ4n) is 4.50. The number of alkyl halides is 3. The van der Waals surface area contributed by atoms with Crippen molar-refractivity contribution in [1.82, 2.24) is 9.97 Å². The number of benzene rings is 3. The number of aryl methyl sites for hydroxylation is 1. The van der Waals surface area contributed by atoms with Gasteiger partial charge in [-0.1, -0.05) is 12.1 Å². The van der Waals surface area contributed by atoms with Crippen molar-refractivity contribution in [1.29, 1.82) is 0 Å². The Morgan fingerprint density at radius 1 is 0.909 bits per heavy atom. The fourth-order valence-corrected chi connectivity index (χ4v) is 4.50. The van der Waals surface area contributed by atoms with E-state index in [1.165, 1.54) is 29.4 Å². The van der Waals surface area contributed by atoms with Gasteiger partial charge in [0.2, 0.25) is 0 Å². The average molecular weight is 606 g/mol. The molecule has 0 aliphatic carbocycles. The Morgan fingerprint density at radius 2 is 1.64 bits per heavy atom. The molecule has 0 saturated carbocycles. The summed E-state index contributed by atoms with van der Waals surface area (Å²) in [4.78, 5) is 37.8. The summed E-state index contributed by atoms with van der Waals surface area (Å²) in [5.74, 6) is 0.104. The number of hydrogen-bond acceptors (Lipinski definition) is 7. The molecule has 3 N–H and O–H groups in total. The molecule has 44 heavy (non-hydrogen) atoms. The normalized spacial score (nSPS) is 13.2. The van der Waals surface area contributed by atoms with Crippen LogP contribution in [0.25, 0.3) is 0 Å². The third-order valence-corrected chi connectivity index (χ3v) is 7.01. The second kappa shape index (κ2) is 13.0. The number of halogens is 3. The first-order valence-corrected chi connectivity index (χ1v) is 13.7. The number of nitrogens with one attached hydrogen (secondary N) is 3. The van der Waals surface area contributed by atoms with Crippen LogP contribution in [0.15, 0.2) is 79.1 Å². The van der Waals surface area contributed by atoms with Crippen molar-refractivity contribution in [3.63, 3.8) is 0 Å². The molecule has 1 aliphatic heterocycles. The van der Waals surface area contributed by atoms with E-state index in [2.05, 4.69) is 30.8 Å². The molecule has 0 unspecified atom stereocenters. The molecule has 3 aromatic carbocycles. The third kappa shape index (κ3) is 7.42. The predicted octanol–water partition coefficient (Wildman–Crippen LogP) is 6.30. The van der Waals surface area contributed by atoms with Crippen LogP contribution in [0.3, 0.4) is 0 Å². The molecule has 0 atom stereocenters. The first-order valence-electron chi connectivity index (χ1n) is 13.7. The van der Waals surface area contributed by atoms with E-state index in [4.69, 9.17) is 4.74 Å². The van der Waals surface area contributed by atoms with Crippen LogP contribution in [0.4, 0.5) is 52.4 Å².